The molecule has 3 aliphatic rings. The molecule has 37 heavy (non-hydrogen) atoms. The Morgan fingerprint density at radius 3 is 2.24 bits per heavy atom. The minimum absolute atomic E-state index is 0. The summed E-state index contributed by atoms with van der Waals surface area (Å²) in [6.45, 7) is 7.84. The van der Waals surface area contributed by atoms with Crippen molar-refractivity contribution in [2.24, 2.45) is 5.92 Å². The highest BCUT2D eigenvalue weighted by atomic mass is 79.9. The van der Waals surface area contributed by atoms with Gasteiger partial charge >= 0.3 is 12.1 Å². The van der Waals surface area contributed by atoms with Gasteiger partial charge in [-0.2, -0.15) is 0 Å². The maximum Gasteiger partial charge on any atom is 0.408 e. The van der Waals surface area contributed by atoms with Crippen LogP contribution >= 0.6 is 0 Å². The topological polar surface area (TPSA) is 81.7 Å². The van der Waals surface area contributed by atoms with E-state index in [0.29, 0.717) is 28.7 Å². The summed E-state index contributed by atoms with van der Waals surface area (Å²) in [5.74, 6) is -0.790. The highest BCUT2D eigenvalue weighted by Crippen LogP contribution is 2.36. The van der Waals surface area contributed by atoms with Crippen LogP contribution in [-0.2, 0) is 14.3 Å². The molecule has 3 heterocycles. The van der Waals surface area contributed by atoms with E-state index in [4.69, 9.17) is 9.47 Å². The molecule has 7 nitrogen and oxygen atoms in total. The van der Waals surface area contributed by atoms with Crippen LogP contribution in [0.2, 0.25) is 0 Å². The number of hydrogen-bond donors (Lipinski definition) is 1. The third-order valence-electron chi connectivity index (χ3n) is 6.98. The van der Waals surface area contributed by atoms with Crippen LogP contribution in [-0.4, -0.2) is 60.2 Å². The van der Waals surface area contributed by atoms with Crippen molar-refractivity contribution in [3.63, 3.8) is 0 Å². The number of Topliss-reactive ketones (excluding diaryl/α,β-unsaturated/α-hetero) is 1. The SMILES string of the molecule is CC(C)(C)OC(=O)NC(C(=O)O[C@H]1C[N+]2(CC(=O)c3ccccc3)CCC1CC2)c1ccc(F)cc1.[Br-]. The number of alkyl carbamates (subject to hydrolysis) is 1. The lowest BCUT2D eigenvalue weighted by Gasteiger charge is -2.51. The Bertz CT molecular complexity index is 1100. The number of rotatable bonds is 7. The average molecular weight is 577 g/mol. The first kappa shape index (κ1) is 28.8. The second-order valence-electron chi connectivity index (χ2n) is 10.9. The monoisotopic (exact) mass is 576 g/mol. The summed E-state index contributed by atoms with van der Waals surface area (Å²) in [6.07, 6.45) is 0.591. The van der Waals surface area contributed by atoms with Gasteiger partial charge in [0.25, 0.3) is 0 Å². The minimum atomic E-state index is -1.14. The second kappa shape index (κ2) is 11.7. The number of quaternary nitrogens is 1. The van der Waals surface area contributed by atoms with Gasteiger partial charge in [-0.1, -0.05) is 42.5 Å². The lowest BCUT2D eigenvalue weighted by Crippen LogP contribution is -3.00. The van der Waals surface area contributed by atoms with Crippen molar-refractivity contribution < 1.29 is 49.7 Å². The van der Waals surface area contributed by atoms with Crippen LogP contribution in [0.4, 0.5) is 9.18 Å². The molecule has 3 saturated heterocycles. The Labute approximate surface area is 227 Å². The van der Waals surface area contributed by atoms with E-state index < -0.39 is 29.5 Å². The largest absolute Gasteiger partial charge is 1.00 e. The molecule has 2 bridgehead atoms. The minimum Gasteiger partial charge on any atom is -1.00 e. The molecule has 3 fully saturated rings. The van der Waals surface area contributed by atoms with E-state index >= 15 is 0 Å². The molecule has 0 spiro atoms. The van der Waals surface area contributed by atoms with Crippen molar-refractivity contribution >= 4 is 17.8 Å². The highest BCUT2D eigenvalue weighted by molar-refractivity contribution is 5.97. The number of benzene rings is 2. The third-order valence-corrected chi connectivity index (χ3v) is 6.98. The summed E-state index contributed by atoms with van der Waals surface area (Å²) in [5.41, 5.74) is 0.333. The maximum atomic E-state index is 13.5. The van der Waals surface area contributed by atoms with Crippen molar-refractivity contribution in [3.8, 4) is 0 Å². The molecule has 2 atom stereocenters. The van der Waals surface area contributed by atoms with Crippen molar-refractivity contribution in [2.75, 3.05) is 26.2 Å². The molecule has 5 rings (SSSR count). The second-order valence-corrected chi connectivity index (χ2v) is 10.9. The van der Waals surface area contributed by atoms with Crippen LogP contribution in [0.3, 0.4) is 0 Å². The molecule has 0 aromatic heterocycles. The van der Waals surface area contributed by atoms with Gasteiger partial charge in [0.15, 0.2) is 12.1 Å². The summed E-state index contributed by atoms with van der Waals surface area (Å²) in [4.78, 5) is 38.8. The van der Waals surface area contributed by atoms with Crippen molar-refractivity contribution in [1.29, 1.82) is 0 Å². The number of esters is 1. The van der Waals surface area contributed by atoms with Crippen LogP contribution in [0.25, 0.3) is 0 Å². The number of nitrogens with one attached hydrogen (secondary N) is 1. The van der Waals surface area contributed by atoms with E-state index in [9.17, 15) is 18.8 Å². The van der Waals surface area contributed by atoms with Gasteiger partial charge in [-0.15, -0.1) is 0 Å². The van der Waals surface area contributed by atoms with Gasteiger partial charge < -0.3 is 36.3 Å². The molecule has 1 unspecified atom stereocenters. The zero-order valence-corrected chi connectivity index (χ0v) is 23.0. The third kappa shape index (κ3) is 7.38. The Kier molecular flexibility index (Phi) is 9.13. The number of ketones is 1. The summed E-state index contributed by atoms with van der Waals surface area (Å²) in [7, 11) is 0. The lowest BCUT2D eigenvalue weighted by molar-refractivity contribution is -0.938. The van der Waals surface area contributed by atoms with Gasteiger partial charge in [-0.25, -0.2) is 14.0 Å². The van der Waals surface area contributed by atoms with Crippen LogP contribution in [0.15, 0.2) is 54.6 Å². The quantitative estimate of drug-likeness (QED) is 0.306. The molecule has 9 heteroatoms. The van der Waals surface area contributed by atoms with Crippen LogP contribution in [0.1, 0.15) is 55.6 Å². The normalized spacial score (nSPS) is 23.4. The molecular formula is C28H34BrFN2O5. The lowest BCUT2D eigenvalue weighted by atomic mass is 9.82. The summed E-state index contributed by atoms with van der Waals surface area (Å²) in [5, 5.41) is 2.59. The molecule has 2 aromatic carbocycles. The molecule has 1 amide bonds. The fourth-order valence-corrected chi connectivity index (χ4v) is 5.17. The molecule has 200 valence electrons. The van der Waals surface area contributed by atoms with E-state index in [1.54, 1.807) is 20.8 Å². The summed E-state index contributed by atoms with van der Waals surface area (Å²) in [6, 6.07) is 13.5. The molecule has 0 radical (unpaired) electrons. The van der Waals surface area contributed by atoms with Gasteiger partial charge in [-0.3, -0.25) is 4.79 Å². The number of fused-ring (bicyclic) bond motifs is 3. The number of hydrogen-bond acceptors (Lipinski definition) is 5. The first-order chi connectivity index (χ1) is 17.0. The highest BCUT2D eigenvalue weighted by Gasteiger charge is 2.49. The summed E-state index contributed by atoms with van der Waals surface area (Å²) >= 11 is 0. The zero-order valence-electron chi connectivity index (χ0n) is 21.4. The molecule has 0 saturated carbocycles. The van der Waals surface area contributed by atoms with E-state index in [2.05, 4.69) is 5.32 Å². The van der Waals surface area contributed by atoms with Crippen LogP contribution in [0, 0.1) is 11.7 Å². The molecule has 3 aliphatic heterocycles. The zero-order chi connectivity index (χ0) is 25.9. The number of carbonyl (C=O) groups is 3. The standard InChI is InChI=1S/C28H33FN2O5.BrH/c1-28(2,3)36-27(34)30-25(21-9-11-22(29)12-10-21)26(33)35-24-18-31(15-13-20(24)14-16-31)17-23(32)19-7-5-4-6-8-19;/h4-12,20,24-25H,13-18H2,1-3H3;1H/t20?,24-,25?,31?;/m0./s1. The average Bonchev–Trinajstić information content (AvgIpc) is 2.83. The molecule has 1 N–H and O–H groups in total. The van der Waals surface area contributed by atoms with E-state index in [1.807, 2.05) is 30.3 Å². The first-order valence-electron chi connectivity index (χ1n) is 12.4. The van der Waals surface area contributed by atoms with Crippen molar-refractivity contribution in [2.45, 2.75) is 51.4 Å². The predicted octanol–water partition coefficient (Wildman–Crippen LogP) is 1.43. The van der Waals surface area contributed by atoms with Gasteiger partial charge in [0.1, 0.15) is 24.5 Å². The number of nitrogens with zero attached hydrogens (tertiary/aromatic N) is 1. The van der Waals surface area contributed by atoms with Gasteiger partial charge in [0.2, 0.25) is 5.78 Å². The van der Waals surface area contributed by atoms with Crippen molar-refractivity contribution in [1.82, 2.24) is 5.32 Å². The smallest absolute Gasteiger partial charge is 0.408 e. The number of halogens is 2. The predicted molar refractivity (Wildman–Crippen MR) is 132 cm³/mol. The van der Waals surface area contributed by atoms with Gasteiger partial charge in [0.05, 0.1) is 13.1 Å². The Hall–Kier alpha value is -2.78. The van der Waals surface area contributed by atoms with Gasteiger partial charge in [-0.05, 0) is 38.5 Å². The molecule has 2 aromatic rings. The fourth-order valence-electron chi connectivity index (χ4n) is 5.17. The number of amides is 1. The first-order valence-corrected chi connectivity index (χ1v) is 12.4. The van der Waals surface area contributed by atoms with Crippen molar-refractivity contribution in [3.05, 3.63) is 71.5 Å². The van der Waals surface area contributed by atoms with E-state index in [1.165, 1.54) is 24.3 Å². The van der Waals surface area contributed by atoms with Gasteiger partial charge in [0, 0.05) is 24.3 Å². The van der Waals surface area contributed by atoms with E-state index in [-0.39, 0.29) is 34.8 Å². The Balaban J connectivity index is 0.00000380. The number of piperidine rings is 3. The Morgan fingerprint density at radius 2 is 1.65 bits per heavy atom. The van der Waals surface area contributed by atoms with E-state index in [0.717, 1.165) is 25.9 Å². The van der Waals surface area contributed by atoms with Crippen LogP contribution < -0.4 is 22.3 Å². The number of ether oxygens (including phenoxy) is 2. The summed E-state index contributed by atoms with van der Waals surface area (Å²) < 4.78 is 25.4. The van der Waals surface area contributed by atoms with Crippen LogP contribution in [0.5, 0.6) is 0 Å². The fraction of sp³-hybridized carbons (Fsp3) is 0.464. The Morgan fingerprint density at radius 1 is 1.03 bits per heavy atom. The molecular weight excluding hydrogens is 543 g/mol. The maximum absolute atomic E-state index is 13.5. The number of carbonyl (C=O) groups excluding carboxylic acids is 3. The molecule has 0 aliphatic carbocycles.